The summed E-state index contributed by atoms with van der Waals surface area (Å²) in [5.41, 5.74) is 0. The van der Waals surface area contributed by atoms with Crippen molar-refractivity contribution in [3.63, 3.8) is 0 Å². The number of sulfonamides is 1. The van der Waals surface area contributed by atoms with Gasteiger partial charge in [0, 0.05) is 5.30 Å². The van der Waals surface area contributed by atoms with Gasteiger partial charge in [-0.3, -0.25) is 0 Å². The van der Waals surface area contributed by atoms with Gasteiger partial charge < -0.3 is 4.57 Å². The molecular formula is C12H12NO3PS. The first-order valence-electron chi connectivity index (χ1n) is 5.27. The molecule has 0 heterocycles. The van der Waals surface area contributed by atoms with E-state index in [1.54, 1.807) is 48.5 Å². The van der Waals surface area contributed by atoms with E-state index in [0.717, 1.165) is 0 Å². The minimum atomic E-state index is -3.72. The standard InChI is InChI=1S/C12H12NO3PS/c14-17(11-7-3-1-4-8-11)13-18(15,16)12-9-5-2-6-10-12/h1-10,17H,(H,13,14). The summed E-state index contributed by atoms with van der Waals surface area (Å²) in [6.07, 6.45) is 0. The van der Waals surface area contributed by atoms with E-state index in [9.17, 15) is 13.0 Å². The zero-order chi connectivity index (χ0) is 13.0. The van der Waals surface area contributed by atoms with Gasteiger partial charge in [-0.1, -0.05) is 48.5 Å². The van der Waals surface area contributed by atoms with Crippen LogP contribution in [0, 0.1) is 0 Å². The Labute approximate surface area is 107 Å². The molecule has 0 aromatic heterocycles. The van der Waals surface area contributed by atoms with Crippen LogP contribution in [-0.4, -0.2) is 8.42 Å². The van der Waals surface area contributed by atoms with Gasteiger partial charge in [-0.2, -0.15) is 4.49 Å². The second-order valence-corrected chi connectivity index (χ2v) is 7.14. The minimum Gasteiger partial charge on any atom is -0.304 e. The van der Waals surface area contributed by atoms with Gasteiger partial charge in [-0.15, -0.1) is 0 Å². The molecule has 2 aromatic carbocycles. The maximum absolute atomic E-state index is 11.9. The van der Waals surface area contributed by atoms with Gasteiger partial charge in [0.15, 0.2) is 7.95 Å². The Balaban J connectivity index is 2.23. The smallest absolute Gasteiger partial charge is 0.246 e. The molecule has 0 aliphatic heterocycles. The summed E-state index contributed by atoms with van der Waals surface area (Å²) in [7, 11) is -6.28. The van der Waals surface area contributed by atoms with Crippen molar-refractivity contribution in [3.8, 4) is 0 Å². The fourth-order valence-electron chi connectivity index (χ4n) is 1.43. The zero-order valence-electron chi connectivity index (χ0n) is 9.41. The van der Waals surface area contributed by atoms with Crippen molar-refractivity contribution in [2.45, 2.75) is 4.90 Å². The second kappa shape index (κ2) is 5.48. The number of rotatable bonds is 4. The maximum Gasteiger partial charge on any atom is 0.246 e. The Kier molecular flexibility index (Phi) is 3.97. The molecule has 94 valence electrons. The van der Waals surface area contributed by atoms with Crippen molar-refractivity contribution in [2.75, 3.05) is 0 Å². The van der Waals surface area contributed by atoms with Crippen molar-refractivity contribution in [3.05, 3.63) is 60.7 Å². The zero-order valence-corrected chi connectivity index (χ0v) is 11.2. The van der Waals surface area contributed by atoms with Gasteiger partial charge in [0.1, 0.15) is 0 Å². The molecule has 0 radical (unpaired) electrons. The van der Waals surface area contributed by atoms with Crippen LogP contribution < -0.4 is 9.80 Å². The van der Waals surface area contributed by atoms with E-state index in [1.165, 1.54) is 12.1 Å². The van der Waals surface area contributed by atoms with Crippen LogP contribution in [0.5, 0.6) is 0 Å². The van der Waals surface area contributed by atoms with Gasteiger partial charge in [-0.05, 0) is 12.1 Å². The van der Waals surface area contributed by atoms with Gasteiger partial charge in [0.2, 0.25) is 10.0 Å². The van der Waals surface area contributed by atoms with Gasteiger partial charge in [0.05, 0.1) is 4.90 Å². The van der Waals surface area contributed by atoms with Crippen LogP contribution in [0.2, 0.25) is 0 Å². The van der Waals surface area contributed by atoms with Crippen LogP contribution in [0.25, 0.3) is 0 Å². The number of nitrogens with one attached hydrogen (secondary N) is 1. The van der Waals surface area contributed by atoms with E-state index in [1.807, 2.05) is 0 Å². The van der Waals surface area contributed by atoms with Crippen LogP contribution in [-0.2, 0) is 14.6 Å². The SMILES string of the molecule is O=[PH](NS(=O)(=O)c1ccccc1)c1ccccc1. The molecule has 0 fully saturated rings. The highest BCUT2D eigenvalue weighted by molar-refractivity contribution is 7.94. The molecule has 0 aliphatic carbocycles. The molecule has 6 heteroatoms. The van der Waals surface area contributed by atoms with Crippen LogP contribution in [0.4, 0.5) is 0 Å². The molecular weight excluding hydrogens is 269 g/mol. The molecule has 0 saturated carbocycles. The van der Waals surface area contributed by atoms with E-state index < -0.39 is 18.0 Å². The van der Waals surface area contributed by atoms with Crippen molar-refractivity contribution in [2.24, 2.45) is 0 Å². The van der Waals surface area contributed by atoms with Crippen molar-refractivity contribution in [1.82, 2.24) is 4.49 Å². The predicted molar refractivity (Wildman–Crippen MR) is 71.8 cm³/mol. The molecule has 0 spiro atoms. The lowest BCUT2D eigenvalue weighted by molar-refractivity contribution is 0.580. The van der Waals surface area contributed by atoms with Crippen LogP contribution in [0.3, 0.4) is 0 Å². The van der Waals surface area contributed by atoms with Crippen LogP contribution >= 0.6 is 7.95 Å². The average molecular weight is 281 g/mol. The molecule has 0 aliphatic rings. The fraction of sp³-hybridized carbons (Fsp3) is 0. The lowest BCUT2D eigenvalue weighted by Crippen LogP contribution is -2.20. The second-order valence-electron chi connectivity index (χ2n) is 3.61. The third-order valence-corrected chi connectivity index (χ3v) is 5.88. The fourth-order valence-corrected chi connectivity index (χ4v) is 4.36. The molecule has 1 unspecified atom stereocenters. The summed E-state index contributed by atoms with van der Waals surface area (Å²) in [6.45, 7) is 0. The minimum absolute atomic E-state index is 0.110. The maximum atomic E-state index is 11.9. The third-order valence-electron chi connectivity index (χ3n) is 2.32. The normalized spacial score (nSPS) is 13.1. The lowest BCUT2D eigenvalue weighted by Gasteiger charge is -2.06. The first-order valence-corrected chi connectivity index (χ1v) is 8.16. The number of hydrogen-bond acceptors (Lipinski definition) is 3. The van der Waals surface area contributed by atoms with E-state index in [4.69, 9.17) is 0 Å². The Hall–Kier alpha value is -1.42. The highest BCUT2D eigenvalue weighted by Gasteiger charge is 2.16. The molecule has 1 atom stereocenters. The summed E-state index contributed by atoms with van der Waals surface area (Å²) in [4.78, 5) is 0.110. The van der Waals surface area contributed by atoms with E-state index in [-0.39, 0.29) is 4.90 Å². The Bertz CT molecular complexity index is 642. The third kappa shape index (κ3) is 3.07. The van der Waals surface area contributed by atoms with Crippen molar-refractivity contribution >= 4 is 23.3 Å². The summed E-state index contributed by atoms with van der Waals surface area (Å²) in [5.74, 6) is 0. The molecule has 4 nitrogen and oxygen atoms in total. The molecule has 2 rings (SSSR count). The van der Waals surface area contributed by atoms with Gasteiger partial charge >= 0.3 is 0 Å². The number of hydrogen-bond donors (Lipinski definition) is 1. The highest BCUT2D eigenvalue weighted by Crippen LogP contribution is 2.19. The van der Waals surface area contributed by atoms with E-state index in [2.05, 4.69) is 4.49 Å². The monoisotopic (exact) mass is 281 g/mol. The van der Waals surface area contributed by atoms with Crippen LogP contribution in [0.1, 0.15) is 0 Å². The van der Waals surface area contributed by atoms with E-state index in [0.29, 0.717) is 5.30 Å². The first-order chi connectivity index (χ1) is 8.59. The molecule has 0 saturated heterocycles. The van der Waals surface area contributed by atoms with E-state index >= 15 is 0 Å². The highest BCUT2D eigenvalue weighted by atomic mass is 32.2. The molecule has 1 N–H and O–H groups in total. The summed E-state index contributed by atoms with van der Waals surface area (Å²) >= 11 is 0. The predicted octanol–water partition coefficient (Wildman–Crippen LogP) is 1.77. The molecule has 18 heavy (non-hydrogen) atoms. The van der Waals surface area contributed by atoms with Gasteiger partial charge in [-0.25, -0.2) is 8.42 Å². The summed E-state index contributed by atoms with van der Waals surface area (Å²) in [6, 6.07) is 16.4. The Morgan fingerprint density at radius 3 is 1.89 bits per heavy atom. The first kappa shape index (κ1) is 13.0. The Morgan fingerprint density at radius 2 is 1.33 bits per heavy atom. The van der Waals surface area contributed by atoms with Crippen LogP contribution in [0.15, 0.2) is 65.6 Å². The topological polar surface area (TPSA) is 63.2 Å². The summed E-state index contributed by atoms with van der Waals surface area (Å²) in [5, 5.41) is 0.488. The lowest BCUT2D eigenvalue weighted by atomic mass is 10.4. The Morgan fingerprint density at radius 1 is 0.833 bits per heavy atom. The molecule has 0 amide bonds. The van der Waals surface area contributed by atoms with Crippen molar-refractivity contribution < 1.29 is 13.0 Å². The quantitative estimate of drug-likeness (QED) is 0.869. The average Bonchev–Trinajstić information content (AvgIpc) is 2.40. The van der Waals surface area contributed by atoms with Gasteiger partial charge in [0.25, 0.3) is 0 Å². The summed E-state index contributed by atoms with van der Waals surface area (Å²) < 4.78 is 38.0. The molecule has 0 bridgehead atoms. The molecule has 2 aromatic rings. The van der Waals surface area contributed by atoms with Crippen molar-refractivity contribution in [1.29, 1.82) is 0 Å². The largest absolute Gasteiger partial charge is 0.304 e. The number of benzene rings is 2.